The predicted octanol–water partition coefficient (Wildman–Crippen LogP) is 0.362. The Morgan fingerprint density at radius 2 is 1.83 bits per heavy atom. The van der Waals surface area contributed by atoms with E-state index in [1.54, 1.807) is 12.2 Å². The molecule has 1 rings (SSSR count). The molecule has 0 aliphatic carbocycles. The van der Waals surface area contributed by atoms with Crippen LogP contribution in [-0.2, 0) is 19.0 Å². The summed E-state index contributed by atoms with van der Waals surface area (Å²) < 4.78 is 16.7. The van der Waals surface area contributed by atoms with Gasteiger partial charge < -0.3 is 19.9 Å². The van der Waals surface area contributed by atoms with Gasteiger partial charge in [0.2, 0.25) is 0 Å². The summed E-state index contributed by atoms with van der Waals surface area (Å²) in [6.45, 7) is 6.42. The van der Waals surface area contributed by atoms with E-state index < -0.39 is 6.23 Å². The predicted molar refractivity (Wildman–Crippen MR) is 67.9 cm³/mol. The van der Waals surface area contributed by atoms with E-state index in [0.717, 1.165) is 0 Å². The van der Waals surface area contributed by atoms with Crippen molar-refractivity contribution in [2.24, 2.45) is 5.73 Å². The first-order valence-corrected chi connectivity index (χ1v) is 6.16. The molecule has 0 bridgehead atoms. The molecule has 4 atom stereocenters. The summed E-state index contributed by atoms with van der Waals surface area (Å²) in [5.74, 6) is 0. The summed E-state index contributed by atoms with van der Waals surface area (Å²) in [5.41, 5.74) is 5.66. The SMILES string of the molecule is COC1C(ON(C)C)[C@@H](COC(C)(C)C)O[C@H]1N. The average molecular weight is 262 g/mol. The van der Waals surface area contributed by atoms with E-state index in [-0.39, 0.29) is 23.9 Å². The molecule has 0 aromatic carbocycles. The summed E-state index contributed by atoms with van der Waals surface area (Å²) in [7, 11) is 5.24. The number of hydrogen-bond acceptors (Lipinski definition) is 6. The number of rotatable bonds is 5. The molecular formula is C12H26N2O4. The Morgan fingerprint density at radius 1 is 1.22 bits per heavy atom. The number of nitrogens with two attached hydrogens (primary N) is 1. The van der Waals surface area contributed by atoms with Crippen molar-refractivity contribution >= 4 is 0 Å². The molecule has 1 aliphatic heterocycles. The molecule has 2 unspecified atom stereocenters. The van der Waals surface area contributed by atoms with Crippen LogP contribution in [0.15, 0.2) is 0 Å². The number of ether oxygens (including phenoxy) is 3. The highest BCUT2D eigenvalue weighted by Gasteiger charge is 2.45. The van der Waals surface area contributed by atoms with Crippen LogP contribution in [0.4, 0.5) is 0 Å². The molecule has 0 saturated carbocycles. The molecule has 2 N–H and O–H groups in total. The topological polar surface area (TPSA) is 66.2 Å². The molecule has 0 radical (unpaired) electrons. The molecule has 1 saturated heterocycles. The maximum atomic E-state index is 5.88. The average Bonchev–Trinajstić information content (AvgIpc) is 2.50. The number of hydrogen-bond donors (Lipinski definition) is 1. The van der Waals surface area contributed by atoms with E-state index in [4.69, 9.17) is 24.8 Å². The maximum absolute atomic E-state index is 5.88. The molecule has 6 heteroatoms. The van der Waals surface area contributed by atoms with E-state index in [0.29, 0.717) is 6.61 Å². The molecule has 18 heavy (non-hydrogen) atoms. The second-order valence-corrected chi connectivity index (χ2v) is 5.65. The van der Waals surface area contributed by atoms with Gasteiger partial charge in [0.15, 0.2) is 0 Å². The smallest absolute Gasteiger partial charge is 0.138 e. The van der Waals surface area contributed by atoms with Gasteiger partial charge in [-0.05, 0) is 20.8 Å². The fraction of sp³-hybridized carbons (Fsp3) is 1.00. The van der Waals surface area contributed by atoms with Gasteiger partial charge in [-0.2, -0.15) is 5.06 Å². The molecular weight excluding hydrogens is 236 g/mol. The molecule has 0 amide bonds. The molecule has 0 aromatic rings. The van der Waals surface area contributed by atoms with Crippen LogP contribution in [0.1, 0.15) is 20.8 Å². The van der Waals surface area contributed by atoms with Crippen molar-refractivity contribution in [1.82, 2.24) is 5.06 Å². The van der Waals surface area contributed by atoms with Crippen LogP contribution in [0.5, 0.6) is 0 Å². The number of hydroxylamine groups is 2. The molecule has 1 heterocycles. The van der Waals surface area contributed by atoms with Crippen molar-refractivity contribution in [2.45, 2.75) is 50.9 Å². The van der Waals surface area contributed by atoms with Gasteiger partial charge in [0, 0.05) is 21.2 Å². The minimum absolute atomic E-state index is 0.221. The third-order valence-corrected chi connectivity index (χ3v) is 2.63. The summed E-state index contributed by atoms with van der Waals surface area (Å²) in [4.78, 5) is 5.69. The standard InChI is InChI=1S/C12H26N2O4/c1-12(2,3)16-7-8-9(18-14(4)5)10(15-6)11(13)17-8/h8-11H,7,13H2,1-6H3/t8-,9?,10?,11-/m1/s1. The van der Waals surface area contributed by atoms with E-state index in [2.05, 4.69) is 0 Å². The first-order valence-electron chi connectivity index (χ1n) is 6.16. The van der Waals surface area contributed by atoms with Crippen LogP contribution in [0.3, 0.4) is 0 Å². The number of nitrogens with zero attached hydrogens (tertiary/aromatic N) is 1. The Kier molecular flexibility index (Phi) is 5.51. The van der Waals surface area contributed by atoms with Crippen LogP contribution < -0.4 is 5.73 Å². The third kappa shape index (κ3) is 4.46. The maximum Gasteiger partial charge on any atom is 0.138 e. The quantitative estimate of drug-likeness (QED) is 0.722. The lowest BCUT2D eigenvalue weighted by Crippen LogP contribution is -2.43. The lowest BCUT2D eigenvalue weighted by Gasteiger charge is -2.27. The van der Waals surface area contributed by atoms with Gasteiger partial charge in [-0.1, -0.05) is 0 Å². The number of methoxy groups -OCH3 is 1. The van der Waals surface area contributed by atoms with Gasteiger partial charge >= 0.3 is 0 Å². The van der Waals surface area contributed by atoms with Crippen molar-refractivity contribution in [3.63, 3.8) is 0 Å². The monoisotopic (exact) mass is 262 g/mol. The lowest BCUT2D eigenvalue weighted by molar-refractivity contribution is -0.208. The Balaban J connectivity index is 2.64. The van der Waals surface area contributed by atoms with Gasteiger partial charge in [-0.15, -0.1) is 0 Å². The zero-order valence-electron chi connectivity index (χ0n) is 12.2. The first-order chi connectivity index (χ1) is 8.24. The normalized spacial score (nSPS) is 33.3. The Bertz CT molecular complexity index is 255. The molecule has 108 valence electrons. The molecule has 6 nitrogen and oxygen atoms in total. The zero-order chi connectivity index (χ0) is 13.9. The van der Waals surface area contributed by atoms with Gasteiger partial charge in [0.1, 0.15) is 24.5 Å². The van der Waals surface area contributed by atoms with Crippen molar-refractivity contribution in [3.8, 4) is 0 Å². The van der Waals surface area contributed by atoms with Crippen molar-refractivity contribution in [1.29, 1.82) is 0 Å². The fourth-order valence-electron chi connectivity index (χ4n) is 1.86. The summed E-state index contributed by atoms with van der Waals surface area (Å²) in [5, 5.41) is 1.63. The van der Waals surface area contributed by atoms with E-state index >= 15 is 0 Å². The second kappa shape index (κ2) is 6.27. The van der Waals surface area contributed by atoms with E-state index in [9.17, 15) is 0 Å². The van der Waals surface area contributed by atoms with Crippen LogP contribution >= 0.6 is 0 Å². The van der Waals surface area contributed by atoms with E-state index in [1.807, 2.05) is 34.9 Å². The molecule has 1 aliphatic rings. The van der Waals surface area contributed by atoms with Gasteiger partial charge in [0.05, 0.1) is 12.2 Å². The molecule has 0 spiro atoms. The first kappa shape index (κ1) is 15.8. The van der Waals surface area contributed by atoms with Crippen LogP contribution in [0.2, 0.25) is 0 Å². The van der Waals surface area contributed by atoms with Crippen molar-refractivity contribution < 1.29 is 19.0 Å². The van der Waals surface area contributed by atoms with Crippen molar-refractivity contribution in [2.75, 3.05) is 27.8 Å². The second-order valence-electron chi connectivity index (χ2n) is 5.65. The Hall–Kier alpha value is -0.240. The highest BCUT2D eigenvalue weighted by molar-refractivity contribution is 4.90. The summed E-state index contributed by atoms with van der Waals surface area (Å²) in [6, 6.07) is 0. The summed E-state index contributed by atoms with van der Waals surface area (Å²) in [6.07, 6.45) is -1.27. The Labute approximate surface area is 109 Å². The highest BCUT2D eigenvalue weighted by Crippen LogP contribution is 2.25. The third-order valence-electron chi connectivity index (χ3n) is 2.63. The lowest BCUT2D eigenvalue weighted by atomic mass is 10.1. The van der Waals surface area contributed by atoms with Gasteiger partial charge in [-0.25, -0.2) is 0 Å². The van der Waals surface area contributed by atoms with Crippen LogP contribution in [0, 0.1) is 0 Å². The zero-order valence-corrected chi connectivity index (χ0v) is 12.2. The van der Waals surface area contributed by atoms with Gasteiger partial charge in [0.25, 0.3) is 0 Å². The van der Waals surface area contributed by atoms with Gasteiger partial charge in [-0.3, -0.25) is 4.84 Å². The fourth-order valence-corrected chi connectivity index (χ4v) is 1.86. The van der Waals surface area contributed by atoms with E-state index in [1.165, 1.54) is 0 Å². The van der Waals surface area contributed by atoms with Crippen molar-refractivity contribution in [3.05, 3.63) is 0 Å². The minimum atomic E-state index is -0.492. The summed E-state index contributed by atoms with van der Waals surface area (Å²) >= 11 is 0. The molecule has 1 fully saturated rings. The Morgan fingerprint density at radius 3 is 2.28 bits per heavy atom. The minimum Gasteiger partial charge on any atom is -0.374 e. The van der Waals surface area contributed by atoms with Crippen LogP contribution in [0.25, 0.3) is 0 Å². The highest BCUT2D eigenvalue weighted by atomic mass is 16.7. The van der Waals surface area contributed by atoms with Crippen LogP contribution in [-0.4, -0.2) is 63.0 Å². The molecule has 0 aromatic heterocycles. The largest absolute Gasteiger partial charge is 0.374 e.